The molecule has 700 valence electrons. The Bertz CT molecular complexity index is 8310. The van der Waals surface area contributed by atoms with Crippen molar-refractivity contribution in [2.24, 2.45) is 0 Å². The van der Waals surface area contributed by atoms with Crippen LogP contribution in [0, 0.1) is 62.3 Å². The van der Waals surface area contributed by atoms with Crippen LogP contribution in [-0.4, -0.2) is 52.0 Å². The molecule has 14 aromatic carbocycles. The van der Waals surface area contributed by atoms with E-state index in [1.807, 2.05) is 244 Å². The summed E-state index contributed by atoms with van der Waals surface area (Å²) in [6, 6.07) is 80.5. The lowest BCUT2D eigenvalue weighted by molar-refractivity contribution is 0.414. The molecule has 0 bridgehead atoms. The van der Waals surface area contributed by atoms with E-state index in [0.717, 1.165) is 101 Å². The number of hydrogen-bond donors (Lipinski definition) is 6. The van der Waals surface area contributed by atoms with E-state index >= 15 is 0 Å². The predicted molar refractivity (Wildman–Crippen MR) is 548 cm³/mol. The van der Waals surface area contributed by atoms with E-state index in [1.54, 1.807) is 75.9 Å². The van der Waals surface area contributed by atoms with Gasteiger partial charge in [-0.25, -0.2) is 0 Å². The van der Waals surface area contributed by atoms with Crippen LogP contribution in [0.1, 0.15) is 50.1 Å². The van der Waals surface area contributed by atoms with Gasteiger partial charge in [0, 0.05) is 36.4 Å². The summed E-state index contributed by atoms with van der Waals surface area (Å²) in [7, 11) is 4.69. The lowest BCUT2D eigenvalue weighted by Gasteiger charge is -2.08. The van der Waals surface area contributed by atoms with Crippen molar-refractivity contribution in [1.29, 1.82) is 0 Å². The Balaban J connectivity index is 0.000000124. The molecule has 0 aliphatic carbocycles. The number of benzene rings is 14. The van der Waals surface area contributed by atoms with Crippen LogP contribution in [0.4, 0.5) is 0 Å². The quantitative estimate of drug-likeness (QED) is 0.0740. The van der Waals surface area contributed by atoms with Crippen molar-refractivity contribution in [3.63, 3.8) is 0 Å². The fourth-order valence-electron chi connectivity index (χ4n) is 15.5. The highest BCUT2D eigenvalue weighted by Crippen LogP contribution is 2.36. The highest BCUT2D eigenvalue weighted by molar-refractivity contribution is 5.93. The summed E-state index contributed by atoms with van der Waals surface area (Å²) in [4.78, 5) is 87.7. The molecule has 21 aromatic rings. The molecule has 0 atom stereocenters. The molecule has 0 aliphatic heterocycles. The van der Waals surface area contributed by atoms with Gasteiger partial charge in [-0.15, -0.1) is 0 Å². The minimum atomic E-state index is -0.326. The number of rotatable bonds is 10. The molecule has 23 nitrogen and oxygen atoms in total. The van der Waals surface area contributed by atoms with Crippen LogP contribution < -0.4 is 52.2 Å². The van der Waals surface area contributed by atoms with Crippen molar-refractivity contribution in [3.8, 4) is 130 Å². The largest absolute Gasteiger partial charge is 0.508 e. The minimum Gasteiger partial charge on any atom is -0.508 e. The summed E-state index contributed by atoms with van der Waals surface area (Å²) < 4.78 is 54.2. The van der Waals surface area contributed by atoms with E-state index in [2.05, 4.69) is 0 Å². The zero-order valence-corrected chi connectivity index (χ0v) is 78.1. The number of aromatic hydroxyl groups is 6. The van der Waals surface area contributed by atoms with E-state index in [4.69, 9.17) is 45.1 Å². The van der Waals surface area contributed by atoms with Crippen LogP contribution in [0.2, 0.25) is 0 Å². The monoisotopic (exact) mass is 1870 g/mol. The van der Waals surface area contributed by atoms with Crippen molar-refractivity contribution in [2.45, 2.75) is 62.3 Å². The molecule has 21 rings (SSSR count). The molecule has 23 heteroatoms. The molecule has 0 aliphatic rings. The zero-order chi connectivity index (χ0) is 99.4. The van der Waals surface area contributed by atoms with Gasteiger partial charge in [-0.05, 0) is 173 Å². The van der Waals surface area contributed by atoms with E-state index < -0.39 is 0 Å². The number of hydrogen-bond acceptors (Lipinski definition) is 23. The van der Waals surface area contributed by atoms with E-state index in [0.29, 0.717) is 106 Å². The first-order valence-corrected chi connectivity index (χ1v) is 44.0. The lowest BCUT2D eigenvalue weighted by atomic mass is 10.0. The van der Waals surface area contributed by atoms with Crippen molar-refractivity contribution >= 4 is 76.8 Å². The van der Waals surface area contributed by atoms with Crippen LogP contribution in [-0.2, 0) is 0 Å². The molecular weight excluding hydrogens is 1770 g/mol. The van der Waals surface area contributed by atoms with Gasteiger partial charge in [0.05, 0.1) is 71.0 Å². The Labute approximate surface area is 799 Å². The molecule has 140 heavy (non-hydrogen) atoms. The number of ether oxygens (including phenoxy) is 3. The number of methoxy groups -OCH3 is 3. The molecule has 7 heterocycles. The van der Waals surface area contributed by atoms with Gasteiger partial charge in [0.25, 0.3) is 0 Å². The zero-order valence-electron chi connectivity index (χ0n) is 78.1. The second-order valence-corrected chi connectivity index (χ2v) is 33.5. The highest BCUT2D eigenvalue weighted by atomic mass is 16.5. The maximum absolute atomic E-state index is 12.8. The Morgan fingerprint density at radius 2 is 0.457 bits per heavy atom. The van der Waals surface area contributed by atoms with E-state index in [-0.39, 0.29) is 99.8 Å². The van der Waals surface area contributed by atoms with Gasteiger partial charge in [0.2, 0.25) is 27.1 Å². The third-order valence-electron chi connectivity index (χ3n) is 23.2. The summed E-state index contributed by atoms with van der Waals surface area (Å²) in [6.07, 6.45) is 10.1. The number of fused-ring (bicyclic) bond motifs is 7. The molecule has 6 N–H and O–H groups in total. The first-order valence-electron chi connectivity index (χ1n) is 44.0. The standard InChI is InChI=1S/C18H16O3.3C17H14O3.2C16H12O4.C16H12O3/c1-11-4-6-13(7-5-11)14-10-21-16-9-12(2)8-15(20-3)17(16)18(14)19;1-10-3-5-12(6-4-10)13-9-20-15-8-11(2)7-14(18)16(15)17(13)19;1-11-3-5-12(6-4-11)15-10-20-16-9-13(19-2)7-8-14(16)17(15)18;1-11-6-8-12(9-7-11)13-10-20-15-5-3-4-14(19-2)16(15)17(13)18;2*1-9-2-4-10(5-3-9)12-8-20-14-7-11(17)6-13(18)15(14)16(12)19;1-10-2-4-11(5-3-10)14-9-19-15-8-12(17)6-7-13(15)16(14)18/h4-10H,1-3H3;3-9,18H,1-2H3;2*3-10H,1-2H3;2*2-8,17-18H,1H3;2-9,17H,1H3. The van der Waals surface area contributed by atoms with Gasteiger partial charge in [-0.2, -0.15) is 0 Å². The number of phenols is 6. The first kappa shape index (κ1) is 96.3. The molecule has 0 fully saturated rings. The molecule has 0 radical (unpaired) electrons. The highest BCUT2D eigenvalue weighted by Gasteiger charge is 2.22. The maximum atomic E-state index is 12.8. The van der Waals surface area contributed by atoms with Gasteiger partial charge in [-0.1, -0.05) is 215 Å². The van der Waals surface area contributed by atoms with Crippen molar-refractivity contribution in [1.82, 2.24) is 0 Å². The van der Waals surface area contributed by atoms with Gasteiger partial charge >= 0.3 is 0 Å². The topological polar surface area (TPSA) is 361 Å². The van der Waals surface area contributed by atoms with Crippen LogP contribution in [0.3, 0.4) is 0 Å². The number of aryl methyl sites for hydroxylation is 9. The third-order valence-corrected chi connectivity index (χ3v) is 23.2. The van der Waals surface area contributed by atoms with Gasteiger partial charge in [0.15, 0.2) is 10.9 Å². The van der Waals surface area contributed by atoms with Crippen LogP contribution >= 0.6 is 0 Å². The second kappa shape index (κ2) is 42.1. The molecule has 0 spiro atoms. The minimum absolute atomic E-state index is 0.0299. The first-order chi connectivity index (χ1) is 67.3. The summed E-state index contributed by atoms with van der Waals surface area (Å²) in [5.41, 5.74) is 20.3. The Morgan fingerprint density at radius 1 is 0.200 bits per heavy atom. The fraction of sp³-hybridized carbons (Fsp3) is 0.103. The molecular formula is C117H94O23. The van der Waals surface area contributed by atoms with Crippen molar-refractivity contribution in [2.75, 3.05) is 21.3 Å². The fourth-order valence-corrected chi connectivity index (χ4v) is 15.5. The van der Waals surface area contributed by atoms with Crippen LogP contribution in [0.25, 0.3) is 155 Å². The molecule has 0 unspecified atom stereocenters. The van der Waals surface area contributed by atoms with Crippen molar-refractivity contribution < 1.29 is 75.8 Å². The molecule has 0 saturated heterocycles. The van der Waals surface area contributed by atoms with Crippen molar-refractivity contribution in [3.05, 3.63) is 438 Å². The summed E-state index contributed by atoms with van der Waals surface area (Å²) in [5, 5.41) is 60.2. The normalized spacial score (nSPS) is 10.8. The summed E-state index contributed by atoms with van der Waals surface area (Å²) in [6.45, 7) is 17.7. The third kappa shape index (κ3) is 21.4. The summed E-state index contributed by atoms with van der Waals surface area (Å²) >= 11 is 0. The van der Waals surface area contributed by atoms with E-state index in [1.165, 1.54) is 68.1 Å². The van der Waals surface area contributed by atoms with E-state index in [9.17, 15) is 64.2 Å². The Morgan fingerprint density at radius 3 is 0.786 bits per heavy atom. The van der Waals surface area contributed by atoms with Crippen LogP contribution in [0.5, 0.6) is 51.7 Å². The average Bonchev–Trinajstić information content (AvgIpc) is 0.836. The summed E-state index contributed by atoms with van der Waals surface area (Å²) in [5.74, 6) is 0.913. The SMILES string of the molecule is COc1cc(C)cc2occ(-c3ccc(C)cc3)c(=O)c12.COc1ccc2c(=O)c(-c3ccc(C)cc3)coc2c1.COc1cccc2occ(-c3ccc(C)cc3)c(=O)c12.Cc1ccc(-c2coc3cc(C)cc(O)c3c2=O)cc1.Cc1ccc(-c2coc3cc(O)cc(O)c3c2=O)cc1.Cc1ccc(-c2coc3cc(O)cc(O)c3c2=O)cc1.Cc1ccc(-c2coc3cc(O)ccc3c2=O)cc1. The van der Waals surface area contributed by atoms with Gasteiger partial charge < -0.3 is 75.8 Å². The predicted octanol–water partition coefficient (Wildman–Crippen LogP) is 25.3. The molecule has 0 amide bonds. The second-order valence-electron chi connectivity index (χ2n) is 33.5. The number of phenolic OH excluding ortho intramolecular Hbond substituents is 6. The lowest BCUT2D eigenvalue weighted by Crippen LogP contribution is -2.06. The molecule has 7 aromatic heterocycles. The van der Waals surface area contributed by atoms with Crippen LogP contribution in [0.15, 0.2) is 381 Å². The maximum Gasteiger partial charge on any atom is 0.204 e. The Hall–Kier alpha value is -18.3. The van der Waals surface area contributed by atoms with Gasteiger partial charge in [-0.3, -0.25) is 33.6 Å². The smallest absolute Gasteiger partial charge is 0.204 e. The van der Waals surface area contributed by atoms with Gasteiger partial charge in [0.1, 0.15) is 162 Å². The Kier molecular flexibility index (Phi) is 29.0. The average molecular weight is 1870 g/mol. The molecule has 0 saturated carbocycles.